The Kier molecular flexibility index (Phi) is 2.46. The molecule has 0 bridgehead atoms. The summed E-state index contributed by atoms with van der Waals surface area (Å²) in [7, 11) is 0. The lowest BCUT2D eigenvalue weighted by atomic mass is 10.3. The topological polar surface area (TPSA) is 49.6 Å². The van der Waals surface area contributed by atoms with Gasteiger partial charge >= 0.3 is 6.18 Å². The maximum atomic E-state index is 11.9. The molecule has 0 aliphatic carbocycles. The summed E-state index contributed by atoms with van der Waals surface area (Å²) in [5, 5.41) is 8.21. The van der Waals surface area contributed by atoms with Crippen LogP contribution in [0.5, 0.6) is 0 Å². The highest BCUT2D eigenvalue weighted by atomic mass is 19.4. The number of rotatable bonds is 1. The summed E-state index contributed by atoms with van der Waals surface area (Å²) in [6.07, 6.45) is -2.94. The molecule has 0 aliphatic rings. The van der Waals surface area contributed by atoms with Gasteiger partial charge in [-0.15, -0.1) is 0 Å². The predicted molar refractivity (Wildman–Crippen MR) is 36.4 cm³/mol. The molecule has 6 heteroatoms. The average molecular weight is 187 g/mol. The summed E-state index contributed by atoms with van der Waals surface area (Å²) in [4.78, 5) is 6.56. The van der Waals surface area contributed by atoms with Crippen LogP contribution in [-0.2, 0) is 12.6 Å². The second-order valence-corrected chi connectivity index (χ2v) is 2.23. The molecule has 0 fully saturated rings. The molecule has 0 N–H and O–H groups in total. The molecule has 1 rings (SSSR count). The number of nitrogens with zero attached hydrogens (tertiary/aromatic N) is 3. The summed E-state index contributed by atoms with van der Waals surface area (Å²) >= 11 is 0. The molecule has 0 radical (unpaired) electrons. The van der Waals surface area contributed by atoms with Crippen LogP contribution in [0.2, 0.25) is 0 Å². The first-order valence-corrected chi connectivity index (χ1v) is 3.29. The highest BCUT2D eigenvalue weighted by Gasteiger charge is 2.32. The van der Waals surface area contributed by atoms with Crippen molar-refractivity contribution in [3.63, 3.8) is 0 Å². The van der Waals surface area contributed by atoms with Gasteiger partial charge in [0.2, 0.25) is 0 Å². The number of aromatic nitrogens is 2. The number of hydrogen-bond donors (Lipinski definition) is 0. The molecule has 1 aromatic rings. The molecule has 0 saturated carbocycles. The lowest BCUT2D eigenvalue weighted by molar-refractivity contribution is -0.141. The molecule has 3 nitrogen and oxygen atoms in total. The Labute approximate surface area is 71.9 Å². The van der Waals surface area contributed by atoms with Crippen LogP contribution in [0.1, 0.15) is 11.4 Å². The summed E-state index contributed by atoms with van der Waals surface area (Å²) in [5.41, 5.74) is -0.815. The zero-order chi connectivity index (χ0) is 9.90. The fourth-order valence-corrected chi connectivity index (χ4v) is 0.673. The van der Waals surface area contributed by atoms with Crippen molar-refractivity contribution in [3.8, 4) is 6.07 Å². The van der Waals surface area contributed by atoms with E-state index in [2.05, 4.69) is 9.97 Å². The zero-order valence-corrected chi connectivity index (χ0v) is 6.34. The molecule has 0 unspecified atom stereocenters. The van der Waals surface area contributed by atoms with Crippen LogP contribution >= 0.6 is 0 Å². The summed E-state index contributed by atoms with van der Waals surface area (Å²) < 4.78 is 35.8. The minimum absolute atomic E-state index is 0.0366. The van der Waals surface area contributed by atoms with E-state index in [-0.39, 0.29) is 12.1 Å². The second kappa shape index (κ2) is 3.39. The monoisotopic (exact) mass is 187 g/mol. The molecule has 0 saturated heterocycles. The minimum atomic E-state index is -4.47. The van der Waals surface area contributed by atoms with E-state index in [1.54, 1.807) is 6.07 Å². The fraction of sp³-hybridized carbons (Fsp3) is 0.286. The van der Waals surface area contributed by atoms with Gasteiger partial charge in [0.15, 0.2) is 5.69 Å². The Hall–Kier alpha value is -1.64. The third-order valence-corrected chi connectivity index (χ3v) is 1.26. The first-order chi connectivity index (χ1) is 6.04. The van der Waals surface area contributed by atoms with Crippen molar-refractivity contribution in [1.29, 1.82) is 5.26 Å². The van der Waals surface area contributed by atoms with Crippen molar-refractivity contribution < 1.29 is 13.2 Å². The van der Waals surface area contributed by atoms with Crippen molar-refractivity contribution in [2.24, 2.45) is 0 Å². The number of halogens is 3. The molecule has 13 heavy (non-hydrogen) atoms. The SMILES string of the molecule is N#CCc1cnc(C(F)(F)F)cn1. The van der Waals surface area contributed by atoms with Crippen LogP contribution in [0.25, 0.3) is 0 Å². The van der Waals surface area contributed by atoms with E-state index in [1.807, 2.05) is 0 Å². The molecular formula is C7H4F3N3. The molecule has 0 aliphatic heterocycles. The average Bonchev–Trinajstić information content (AvgIpc) is 2.04. The van der Waals surface area contributed by atoms with Crippen LogP contribution in [0.3, 0.4) is 0 Å². The maximum Gasteiger partial charge on any atom is 0.434 e. The van der Waals surface area contributed by atoms with Gasteiger partial charge in [-0.1, -0.05) is 0 Å². The van der Waals surface area contributed by atoms with Gasteiger partial charge < -0.3 is 0 Å². The van der Waals surface area contributed by atoms with E-state index in [0.717, 1.165) is 6.20 Å². The first kappa shape index (κ1) is 9.45. The third-order valence-electron chi connectivity index (χ3n) is 1.26. The lowest BCUT2D eigenvalue weighted by Crippen LogP contribution is -2.08. The molecule has 1 heterocycles. The smallest absolute Gasteiger partial charge is 0.256 e. The van der Waals surface area contributed by atoms with Crippen LogP contribution in [0.4, 0.5) is 13.2 Å². The van der Waals surface area contributed by atoms with Gasteiger partial charge in [-0.3, -0.25) is 4.98 Å². The second-order valence-electron chi connectivity index (χ2n) is 2.23. The fourth-order valence-electron chi connectivity index (χ4n) is 0.673. The summed E-state index contributed by atoms with van der Waals surface area (Å²) in [5.74, 6) is 0. The van der Waals surface area contributed by atoms with Crippen molar-refractivity contribution in [3.05, 3.63) is 23.8 Å². The minimum Gasteiger partial charge on any atom is -0.256 e. The molecule has 0 spiro atoms. The lowest BCUT2D eigenvalue weighted by Gasteiger charge is -2.03. The van der Waals surface area contributed by atoms with Gasteiger partial charge in [0.05, 0.1) is 30.6 Å². The van der Waals surface area contributed by atoms with Gasteiger partial charge in [-0.2, -0.15) is 18.4 Å². The van der Waals surface area contributed by atoms with Crippen molar-refractivity contribution in [1.82, 2.24) is 9.97 Å². The summed E-state index contributed by atoms with van der Waals surface area (Å²) in [6.45, 7) is 0. The van der Waals surface area contributed by atoms with Crippen LogP contribution < -0.4 is 0 Å². The van der Waals surface area contributed by atoms with Gasteiger partial charge in [0.1, 0.15) is 0 Å². The van der Waals surface area contributed by atoms with Crippen LogP contribution in [0.15, 0.2) is 12.4 Å². The Bertz CT molecular complexity index is 322. The standard InChI is InChI=1S/C7H4F3N3/c8-7(9,10)6-4-12-5(1-2-11)3-13-6/h3-4H,1H2. The Morgan fingerprint density at radius 3 is 2.38 bits per heavy atom. The Morgan fingerprint density at radius 2 is 2.00 bits per heavy atom. The van der Waals surface area contributed by atoms with E-state index in [0.29, 0.717) is 6.20 Å². The van der Waals surface area contributed by atoms with Crippen molar-refractivity contribution in [2.75, 3.05) is 0 Å². The highest BCUT2D eigenvalue weighted by molar-refractivity contribution is 5.08. The molecule has 1 aromatic heterocycles. The van der Waals surface area contributed by atoms with Gasteiger partial charge in [-0.05, 0) is 0 Å². The molecule has 68 valence electrons. The first-order valence-electron chi connectivity index (χ1n) is 3.29. The number of hydrogen-bond acceptors (Lipinski definition) is 3. The largest absolute Gasteiger partial charge is 0.434 e. The maximum absolute atomic E-state index is 11.9. The van der Waals surface area contributed by atoms with Crippen molar-refractivity contribution >= 4 is 0 Å². The Morgan fingerprint density at radius 1 is 1.31 bits per heavy atom. The van der Waals surface area contributed by atoms with Gasteiger partial charge in [0, 0.05) is 0 Å². The third kappa shape index (κ3) is 2.40. The van der Waals surface area contributed by atoms with Crippen LogP contribution in [-0.4, -0.2) is 9.97 Å². The van der Waals surface area contributed by atoms with Crippen LogP contribution in [0, 0.1) is 11.3 Å². The Balaban J connectivity index is 2.89. The number of nitriles is 1. The molecule has 0 amide bonds. The number of alkyl halides is 3. The molecule has 0 atom stereocenters. The predicted octanol–water partition coefficient (Wildman–Crippen LogP) is 1.56. The zero-order valence-electron chi connectivity index (χ0n) is 6.34. The molecular weight excluding hydrogens is 183 g/mol. The normalized spacial score (nSPS) is 10.9. The highest BCUT2D eigenvalue weighted by Crippen LogP contribution is 2.26. The van der Waals surface area contributed by atoms with E-state index >= 15 is 0 Å². The van der Waals surface area contributed by atoms with E-state index in [9.17, 15) is 13.2 Å². The van der Waals surface area contributed by atoms with Crippen molar-refractivity contribution in [2.45, 2.75) is 12.6 Å². The van der Waals surface area contributed by atoms with Gasteiger partial charge in [0.25, 0.3) is 0 Å². The van der Waals surface area contributed by atoms with E-state index in [1.165, 1.54) is 0 Å². The van der Waals surface area contributed by atoms with Gasteiger partial charge in [-0.25, -0.2) is 4.98 Å². The summed E-state index contributed by atoms with van der Waals surface area (Å²) in [6, 6.07) is 1.76. The van der Waals surface area contributed by atoms with E-state index in [4.69, 9.17) is 5.26 Å². The molecule has 0 aromatic carbocycles. The van der Waals surface area contributed by atoms with E-state index < -0.39 is 11.9 Å². The quantitative estimate of drug-likeness (QED) is 0.670.